The van der Waals surface area contributed by atoms with E-state index in [-0.39, 0.29) is 0 Å². The lowest BCUT2D eigenvalue weighted by molar-refractivity contribution is -0.130. The van der Waals surface area contributed by atoms with Crippen molar-refractivity contribution in [2.24, 2.45) is 5.92 Å². The summed E-state index contributed by atoms with van der Waals surface area (Å²) in [5.74, 6) is -0.549. The molecule has 2 rings (SSSR count). The van der Waals surface area contributed by atoms with E-state index in [9.17, 15) is 9.90 Å². The summed E-state index contributed by atoms with van der Waals surface area (Å²) in [5, 5.41) is 10.6. The van der Waals surface area contributed by atoms with Gasteiger partial charge >= 0.3 is 5.97 Å². The summed E-state index contributed by atoms with van der Waals surface area (Å²) in [7, 11) is 0. The van der Waals surface area contributed by atoms with Crippen LogP contribution in [0.3, 0.4) is 0 Å². The number of aromatic nitrogens is 1. The second-order valence-electron chi connectivity index (χ2n) is 4.65. The number of rotatable bonds is 4. The van der Waals surface area contributed by atoms with Crippen molar-refractivity contribution in [2.45, 2.75) is 30.7 Å². The zero-order valence-corrected chi connectivity index (χ0v) is 12.3. The Morgan fingerprint density at radius 1 is 1.53 bits per heavy atom. The Morgan fingerprint density at radius 3 is 2.74 bits per heavy atom. The van der Waals surface area contributed by atoms with Crippen LogP contribution in [0.15, 0.2) is 23.4 Å². The first kappa shape index (κ1) is 14.4. The normalized spacial score (nSPS) is 16.8. The van der Waals surface area contributed by atoms with E-state index < -0.39 is 5.97 Å². The van der Waals surface area contributed by atoms with Gasteiger partial charge in [0.1, 0.15) is 5.03 Å². The Kier molecular flexibility index (Phi) is 4.88. The third-order valence-corrected chi connectivity index (χ3v) is 4.46. The molecule has 1 heterocycles. The minimum absolute atomic E-state index is 0.314. The third kappa shape index (κ3) is 3.51. The first-order chi connectivity index (χ1) is 9.11. The van der Waals surface area contributed by atoms with Crippen molar-refractivity contribution in [2.75, 3.05) is 6.26 Å². The fourth-order valence-electron chi connectivity index (χ4n) is 2.37. The fourth-order valence-corrected chi connectivity index (χ4v) is 3.18. The number of carboxylic acid groups (broad SMARTS) is 1. The van der Waals surface area contributed by atoms with Gasteiger partial charge in [-0.25, -0.2) is 9.78 Å². The van der Waals surface area contributed by atoms with Crippen molar-refractivity contribution in [3.05, 3.63) is 28.9 Å². The SMILES string of the molecule is CSc1ncc(C(=CC2CCCC2)C(=O)O)cc1Cl. The minimum Gasteiger partial charge on any atom is -0.478 e. The summed E-state index contributed by atoms with van der Waals surface area (Å²) < 4.78 is 0. The van der Waals surface area contributed by atoms with Crippen molar-refractivity contribution in [1.82, 2.24) is 4.98 Å². The predicted octanol–water partition coefficient (Wildman–Crippen LogP) is 4.12. The number of aliphatic carboxylic acids is 1. The molecule has 1 fully saturated rings. The van der Waals surface area contributed by atoms with Crippen molar-refractivity contribution < 1.29 is 9.90 Å². The second kappa shape index (κ2) is 6.44. The summed E-state index contributed by atoms with van der Waals surface area (Å²) in [5.41, 5.74) is 0.899. The third-order valence-electron chi connectivity index (χ3n) is 3.34. The van der Waals surface area contributed by atoms with E-state index in [1.165, 1.54) is 24.6 Å². The number of hydrogen-bond donors (Lipinski definition) is 1. The van der Waals surface area contributed by atoms with Gasteiger partial charge in [-0.05, 0) is 31.1 Å². The number of halogens is 1. The Labute approximate surface area is 122 Å². The average molecular weight is 298 g/mol. The molecule has 0 amide bonds. The van der Waals surface area contributed by atoms with E-state index in [0.29, 0.717) is 22.1 Å². The molecule has 0 unspecified atom stereocenters. The van der Waals surface area contributed by atoms with Gasteiger partial charge in [-0.1, -0.05) is 30.5 Å². The number of allylic oxidation sites excluding steroid dienone is 1. The van der Waals surface area contributed by atoms with Crippen LogP contribution in [0.4, 0.5) is 0 Å². The zero-order valence-electron chi connectivity index (χ0n) is 10.7. The van der Waals surface area contributed by atoms with Crippen LogP contribution in [0.2, 0.25) is 5.02 Å². The molecule has 1 aliphatic rings. The summed E-state index contributed by atoms with van der Waals surface area (Å²) in [4.78, 5) is 15.6. The Hall–Kier alpha value is -1.00. The zero-order chi connectivity index (χ0) is 13.8. The quantitative estimate of drug-likeness (QED) is 0.671. The molecule has 0 bridgehead atoms. The highest BCUT2D eigenvalue weighted by atomic mass is 35.5. The molecule has 1 saturated carbocycles. The summed E-state index contributed by atoms with van der Waals surface area (Å²) in [6.07, 6.45) is 9.84. The van der Waals surface area contributed by atoms with Gasteiger partial charge in [0.2, 0.25) is 0 Å². The minimum atomic E-state index is -0.915. The standard InChI is InChI=1S/C14H16ClNO2S/c1-19-13-12(15)7-10(8-16-13)11(14(17)18)6-9-4-2-3-5-9/h6-9H,2-5H2,1H3,(H,17,18). The van der Waals surface area contributed by atoms with Crippen molar-refractivity contribution in [3.8, 4) is 0 Å². The molecule has 0 saturated heterocycles. The van der Waals surface area contributed by atoms with E-state index in [4.69, 9.17) is 11.6 Å². The molecule has 19 heavy (non-hydrogen) atoms. The molecule has 0 spiro atoms. The molecule has 0 aliphatic heterocycles. The molecule has 0 radical (unpaired) electrons. The van der Waals surface area contributed by atoms with Crippen LogP contribution in [-0.4, -0.2) is 22.3 Å². The lowest BCUT2D eigenvalue weighted by Gasteiger charge is -2.08. The lowest BCUT2D eigenvalue weighted by atomic mass is 10.00. The van der Waals surface area contributed by atoms with E-state index in [1.807, 2.05) is 12.3 Å². The van der Waals surface area contributed by atoms with Gasteiger partial charge in [0.05, 0.1) is 10.6 Å². The molecule has 1 aliphatic carbocycles. The van der Waals surface area contributed by atoms with Crippen LogP contribution < -0.4 is 0 Å². The van der Waals surface area contributed by atoms with Gasteiger partial charge in [-0.2, -0.15) is 0 Å². The number of pyridine rings is 1. The van der Waals surface area contributed by atoms with E-state index in [1.54, 1.807) is 12.3 Å². The maximum atomic E-state index is 11.4. The molecular weight excluding hydrogens is 282 g/mol. The molecule has 0 atom stereocenters. The van der Waals surface area contributed by atoms with Crippen molar-refractivity contribution in [3.63, 3.8) is 0 Å². The topological polar surface area (TPSA) is 50.2 Å². The van der Waals surface area contributed by atoms with Gasteiger partial charge in [0.15, 0.2) is 0 Å². The second-order valence-corrected chi connectivity index (χ2v) is 5.85. The van der Waals surface area contributed by atoms with Gasteiger partial charge in [0, 0.05) is 11.8 Å². The summed E-state index contributed by atoms with van der Waals surface area (Å²) in [6.45, 7) is 0. The van der Waals surface area contributed by atoms with Crippen LogP contribution in [0, 0.1) is 5.92 Å². The highest BCUT2D eigenvalue weighted by Crippen LogP contribution is 2.31. The van der Waals surface area contributed by atoms with E-state index in [2.05, 4.69) is 4.98 Å². The molecular formula is C14H16ClNO2S. The van der Waals surface area contributed by atoms with Crippen LogP contribution in [0.25, 0.3) is 5.57 Å². The van der Waals surface area contributed by atoms with Crippen LogP contribution in [-0.2, 0) is 4.79 Å². The smallest absolute Gasteiger partial charge is 0.336 e. The van der Waals surface area contributed by atoms with Gasteiger partial charge in [0.25, 0.3) is 0 Å². The molecule has 0 aromatic carbocycles. The van der Waals surface area contributed by atoms with Crippen molar-refractivity contribution in [1.29, 1.82) is 0 Å². The number of nitrogens with zero attached hydrogens (tertiary/aromatic N) is 1. The average Bonchev–Trinajstić information content (AvgIpc) is 2.88. The van der Waals surface area contributed by atoms with Gasteiger partial charge < -0.3 is 5.11 Å². The summed E-state index contributed by atoms with van der Waals surface area (Å²) in [6, 6.07) is 1.69. The van der Waals surface area contributed by atoms with Crippen molar-refractivity contribution >= 4 is 34.9 Å². The Morgan fingerprint density at radius 2 is 2.21 bits per heavy atom. The number of carboxylic acids is 1. The Bertz CT molecular complexity index is 510. The molecule has 3 nitrogen and oxygen atoms in total. The number of hydrogen-bond acceptors (Lipinski definition) is 3. The summed E-state index contributed by atoms with van der Waals surface area (Å²) >= 11 is 7.54. The first-order valence-corrected chi connectivity index (χ1v) is 7.87. The Balaban J connectivity index is 2.33. The molecule has 1 N–H and O–H groups in total. The first-order valence-electron chi connectivity index (χ1n) is 6.27. The highest BCUT2D eigenvalue weighted by molar-refractivity contribution is 7.98. The number of thioether (sulfide) groups is 1. The molecule has 5 heteroatoms. The van der Waals surface area contributed by atoms with E-state index >= 15 is 0 Å². The maximum Gasteiger partial charge on any atom is 0.336 e. The molecule has 1 aromatic rings. The van der Waals surface area contributed by atoms with Crippen LogP contribution in [0.5, 0.6) is 0 Å². The van der Waals surface area contributed by atoms with Gasteiger partial charge in [-0.3, -0.25) is 0 Å². The van der Waals surface area contributed by atoms with Crippen LogP contribution >= 0.6 is 23.4 Å². The number of carbonyl (C=O) groups is 1. The highest BCUT2D eigenvalue weighted by Gasteiger charge is 2.18. The van der Waals surface area contributed by atoms with Gasteiger partial charge in [-0.15, -0.1) is 11.8 Å². The predicted molar refractivity (Wildman–Crippen MR) is 78.6 cm³/mol. The molecule has 102 valence electrons. The monoisotopic (exact) mass is 297 g/mol. The lowest BCUT2D eigenvalue weighted by Crippen LogP contribution is -2.03. The fraction of sp³-hybridized carbons (Fsp3) is 0.429. The van der Waals surface area contributed by atoms with E-state index in [0.717, 1.165) is 17.9 Å². The van der Waals surface area contributed by atoms with Crippen LogP contribution in [0.1, 0.15) is 31.2 Å². The molecule has 1 aromatic heterocycles. The maximum absolute atomic E-state index is 11.4. The largest absolute Gasteiger partial charge is 0.478 e.